The normalized spacial score (nSPS) is 31.6. The van der Waals surface area contributed by atoms with E-state index in [2.05, 4.69) is 29.8 Å². The molecular weight excluding hydrogens is 224 g/mol. The molecule has 3 atom stereocenters. The molecular formula is C12H23Br. The van der Waals surface area contributed by atoms with Gasteiger partial charge in [-0.2, -0.15) is 0 Å². The first-order chi connectivity index (χ1) is 6.22. The van der Waals surface area contributed by atoms with Crippen LogP contribution in [0.2, 0.25) is 0 Å². The van der Waals surface area contributed by atoms with Crippen LogP contribution in [-0.4, -0.2) is 4.83 Å². The predicted molar refractivity (Wildman–Crippen MR) is 63.4 cm³/mol. The third-order valence-corrected chi connectivity index (χ3v) is 3.90. The van der Waals surface area contributed by atoms with Crippen LogP contribution in [0.1, 0.15) is 58.8 Å². The smallest absolute Gasteiger partial charge is 0.0117 e. The Labute approximate surface area is 91.6 Å². The van der Waals surface area contributed by atoms with E-state index in [1.807, 2.05) is 0 Å². The summed E-state index contributed by atoms with van der Waals surface area (Å²) in [6.45, 7) is 4.61. The summed E-state index contributed by atoms with van der Waals surface area (Å²) in [5, 5.41) is 0. The summed E-state index contributed by atoms with van der Waals surface area (Å²) >= 11 is 3.63. The molecule has 1 aliphatic carbocycles. The highest BCUT2D eigenvalue weighted by molar-refractivity contribution is 9.09. The lowest BCUT2D eigenvalue weighted by atomic mass is 9.78. The molecule has 1 heteroatoms. The van der Waals surface area contributed by atoms with Gasteiger partial charge in [0.1, 0.15) is 0 Å². The molecule has 1 aliphatic rings. The van der Waals surface area contributed by atoms with Gasteiger partial charge in [0.15, 0.2) is 0 Å². The van der Waals surface area contributed by atoms with E-state index in [9.17, 15) is 0 Å². The molecule has 0 nitrogen and oxygen atoms in total. The quantitative estimate of drug-likeness (QED) is 0.628. The van der Waals surface area contributed by atoms with Gasteiger partial charge in [-0.15, -0.1) is 0 Å². The third-order valence-electron chi connectivity index (χ3n) is 3.44. The highest BCUT2D eigenvalue weighted by Gasteiger charge is 2.20. The number of alkyl halides is 1. The zero-order valence-corrected chi connectivity index (χ0v) is 10.6. The zero-order valence-electron chi connectivity index (χ0n) is 9.06. The van der Waals surface area contributed by atoms with Crippen molar-refractivity contribution in [1.29, 1.82) is 0 Å². The van der Waals surface area contributed by atoms with Crippen LogP contribution in [0.3, 0.4) is 0 Å². The Kier molecular flexibility index (Phi) is 5.38. The van der Waals surface area contributed by atoms with Crippen LogP contribution in [0, 0.1) is 11.8 Å². The van der Waals surface area contributed by atoms with E-state index in [0.717, 1.165) is 16.7 Å². The molecule has 0 N–H and O–H groups in total. The Bertz CT molecular complexity index is 131. The lowest BCUT2D eigenvalue weighted by Crippen LogP contribution is -2.15. The van der Waals surface area contributed by atoms with Gasteiger partial charge in [-0.25, -0.2) is 0 Å². The Morgan fingerprint density at radius 2 is 2.00 bits per heavy atom. The molecule has 3 unspecified atom stereocenters. The summed E-state index contributed by atoms with van der Waals surface area (Å²) in [7, 11) is 0. The highest BCUT2D eigenvalue weighted by atomic mass is 79.9. The molecule has 1 rings (SSSR count). The summed E-state index contributed by atoms with van der Waals surface area (Å²) in [5.41, 5.74) is 0. The van der Waals surface area contributed by atoms with E-state index >= 15 is 0 Å². The van der Waals surface area contributed by atoms with Crippen molar-refractivity contribution in [3.05, 3.63) is 0 Å². The topological polar surface area (TPSA) is 0 Å². The Balaban J connectivity index is 2.18. The van der Waals surface area contributed by atoms with Gasteiger partial charge in [-0.05, 0) is 31.1 Å². The second-order valence-corrected chi connectivity index (χ2v) is 6.23. The van der Waals surface area contributed by atoms with Crippen LogP contribution < -0.4 is 0 Å². The number of hydrogen-bond acceptors (Lipinski definition) is 0. The van der Waals surface area contributed by atoms with Crippen molar-refractivity contribution in [2.75, 3.05) is 0 Å². The van der Waals surface area contributed by atoms with E-state index < -0.39 is 0 Å². The second-order valence-electron chi connectivity index (χ2n) is 4.67. The summed E-state index contributed by atoms with van der Waals surface area (Å²) in [6, 6.07) is 0. The van der Waals surface area contributed by atoms with Gasteiger partial charge in [0.25, 0.3) is 0 Å². The van der Waals surface area contributed by atoms with Gasteiger partial charge in [-0.3, -0.25) is 0 Å². The first kappa shape index (κ1) is 11.6. The van der Waals surface area contributed by atoms with Crippen molar-refractivity contribution >= 4 is 15.9 Å². The lowest BCUT2D eigenvalue weighted by Gasteiger charge is -2.28. The molecule has 1 saturated carbocycles. The Hall–Kier alpha value is 0.480. The van der Waals surface area contributed by atoms with E-state index in [1.54, 1.807) is 0 Å². The fourth-order valence-electron chi connectivity index (χ4n) is 2.50. The van der Waals surface area contributed by atoms with Crippen LogP contribution in [0.25, 0.3) is 0 Å². The minimum atomic E-state index is 0.717. The van der Waals surface area contributed by atoms with Crippen molar-refractivity contribution in [1.82, 2.24) is 0 Å². The number of rotatable bonds is 4. The van der Waals surface area contributed by atoms with E-state index in [0.29, 0.717) is 0 Å². The maximum Gasteiger partial charge on any atom is 0.0117 e. The van der Waals surface area contributed by atoms with Crippen molar-refractivity contribution in [2.24, 2.45) is 11.8 Å². The zero-order chi connectivity index (χ0) is 9.68. The molecule has 0 aliphatic heterocycles. The maximum absolute atomic E-state index is 3.63. The van der Waals surface area contributed by atoms with Crippen LogP contribution in [0.5, 0.6) is 0 Å². The van der Waals surface area contributed by atoms with Gasteiger partial charge in [-0.1, -0.05) is 55.5 Å². The minimum absolute atomic E-state index is 0.717. The fraction of sp³-hybridized carbons (Fsp3) is 1.00. The number of halogens is 1. The third kappa shape index (κ3) is 4.49. The first-order valence-corrected chi connectivity index (χ1v) is 6.78. The highest BCUT2D eigenvalue weighted by Crippen LogP contribution is 2.34. The van der Waals surface area contributed by atoms with Crippen LogP contribution >= 0.6 is 15.9 Å². The van der Waals surface area contributed by atoms with Gasteiger partial charge >= 0.3 is 0 Å². The summed E-state index contributed by atoms with van der Waals surface area (Å²) in [4.78, 5) is 0.717. The second kappa shape index (κ2) is 6.06. The van der Waals surface area contributed by atoms with E-state index in [-0.39, 0.29) is 0 Å². The van der Waals surface area contributed by atoms with Gasteiger partial charge in [0.2, 0.25) is 0 Å². The molecule has 0 spiro atoms. The van der Waals surface area contributed by atoms with Gasteiger partial charge < -0.3 is 0 Å². The molecule has 0 heterocycles. The van der Waals surface area contributed by atoms with E-state index in [1.165, 1.54) is 44.9 Å². The summed E-state index contributed by atoms with van der Waals surface area (Å²) < 4.78 is 0. The van der Waals surface area contributed by atoms with Crippen molar-refractivity contribution in [3.8, 4) is 0 Å². The van der Waals surface area contributed by atoms with Crippen LogP contribution in [-0.2, 0) is 0 Å². The molecule has 13 heavy (non-hydrogen) atoms. The average molecular weight is 247 g/mol. The Morgan fingerprint density at radius 3 is 2.62 bits per heavy atom. The van der Waals surface area contributed by atoms with Crippen molar-refractivity contribution in [2.45, 2.75) is 63.6 Å². The number of hydrogen-bond donors (Lipinski definition) is 0. The predicted octanol–water partition coefficient (Wildman–Crippen LogP) is 4.77. The SMILES string of the molecule is CCC1CCCC(CCC(C)Br)C1. The van der Waals surface area contributed by atoms with Crippen molar-refractivity contribution in [3.63, 3.8) is 0 Å². The molecule has 0 amide bonds. The van der Waals surface area contributed by atoms with Gasteiger partial charge in [0.05, 0.1) is 0 Å². The van der Waals surface area contributed by atoms with Crippen LogP contribution in [0.15, 0.2) is 0 Å². The standard InChI is InChI=1S/C12H23Br/c1-3-11-5-4-6-12(9-11)8-7-10(2)13/h10-12H,3-9H2,1-2H3. The summed E-state index contributed by atoms with van der Waals surface area (Å²) in [5.74, 6) is 2.09. The molecule has 0 aromatic heterocycles. The molecule has 0 aromatic rings. The monoisotopic (exact) mass is 246 g/mol. The largest absolute Gasteiger partial charge is 0.0894 e. The maximum atomic E-state index is 3.63. The van der Waals surface area contributed by atoms with Gasteiger partial charge in [0, 0.05) is 4.83 Å². The molecule has 1 fully saturated rings. The van der Waals surface area contributed by atoms with E-state index in [4.69, 9.17) is 0 Å². The molecule has 0 radical (unpaired) electrons. The first-order valence-electron chi connectivity index (χ1n) is 5.86. The lowest BCUT2D eigenvalue weighted by molar-refractivity contribution is 0.246. The fourth-order valence-corrected chi connectivity index (χ4v) is 2.76. The molecule has 0 aromatic carbocycles. The summed E-state index contributed by atoms with van der Waals surface area (Å²) in [6.07, 6.45) is 10.2. The van der Waals surface area contributed by atoms with Crippen molar-refractivity contribution < 1.29 is 0 Å². The molecule has 0 saturated heterocycles. The van der Waals surface area contributed by atoms with Crippen LogP contribution in [0.4, 0.5) is 0 Å². The Morgan fingerprint density at radius 1 is 1.31 bits per heavy atom. The average Bonchev–Trinajstić information content (AvgIpc) is 2.15. The molecule has 0 bridgehead atoms. The minimum Gasteiger partial charge on any atom is -0.0894 e. The molecule has 78 valence electrons.